The largest absolute Gasteiger partial charge is 0.402 e. The molecule has 0 saturated carbocycles. The Hall–Kier alpha value is -2.70. The maximum atomic E-state index is 11.9. The van der Waals surface area contributed by atoms with E-state index in [0.29, 0.717) is 21.2 Å². The summed E-state index contributed by atoms with van der Waals surface area (Å²) in [5.41, 5.74) is 1.16. The maximum Gasteiger partial charge on any atom is 0.363 e. The quantitative estimate of drug-likeness (QED) is 0.353. The Bertz CT molecular complexity index is 905. The molecule has 0 spiro atoms. The normalized spacial score (nSPS) is 15.3. The molecule has 0 amide bonds. The molecule has 0 bridgehead atoms. The van der Waals surface area contributed by atoms with Crippen molar-refractivity contribution < 1.29 is 14.5 Å². The Morgan fingerprint density at radius 3 is 2.42 bits per heavy atom. The third-order valence-electron chi connectivity index (χ3n) is 3.19. The van der Waals surface area contributed by atoms with Gasteiger partial charge in [-0.2, -0.15) is 0 Å². The summed E-state index contributed by atoms with van der Waals surface area (Å²) in [7, 11) is 0. The van der Waals surface area contributed by atoms with Crippen molar-refractivity contribution in [3.8, 4) is 0 Å². The third kappa shape index (κ3) is 3.29. The zero-order valence-electron chi connectivity index (χ0n) is 11.9. The number of cyclic esters (lactones) is 1. The molecule has 0 unspecified atom stereocenters. The van der Waals surface area contributed by atoms with Crippen LogP contribution >= 0.6 is 23.2 Å². The van der Waals surface area contributed by atoms with Crippen molar-refractivity contribution in [1.82, 2.24) is 0 Å². The molecule has 0 atom stereocenters. The second-order valence-corrected chi connectivity index (χ2v) is 5.63. The molecule has 0 fully saturated rings. The van der Waals surface area contributed by atoms with E-state index in [1.807, 2.05) is 0 Å². The summed E-state index contributed by atoms with van der Waals surface area (Å²) < 4.78 is 5.12. The minimum atomic E-state index is -0.616. The van der Waals surface area contributed by atoms with E-state index in [0.717, 1.165) is 0 Å². The molecule has 0 N–H and O–H groups in total. The van der Waals surface area contributed by atoms with Gasteiger partial charge < -0.3 is 4.74 Å². The molecule has 0 saturated heterocycles. The minimum absolute atomic E-state index is 0.0360. The molecule has 6 nitrogen and oxygen atoms in total. The zero-order chi connectivity index (χ0) is 17.3. The van der Waals surface area contributed by atoms with E-state index in [-0.39, 0.29) is 17.3 Å². The van der Waals surface area contributed by atoms with Gasteiger partial charge >= 0.3 is 5.97 Å². The van der Waals surface area contributed by atoms with Gasteiger partial charge in [0.05, 0.1) is 15.0 Å². The predicted molar refractivity (Wildman–Crippen MR) is 90.2 cm³/mol. The van der Waals surface area contributed by atoms with Crippen LogP contribution in [0.1, 0.15) is 11.1 Å². The molecule has 1 aliphatic rings. The van der Waals surface area contributed by atoms with E-state index in [1.54, 1.807) is 18.2 Å². The molecule has 2 aromatic rings. The second-order valence-electron chi connectivity index (χ2n) is 4.81. The Balaban J connectivity index is 1.90. The summed E-state index contributed by atoms with van der Waals surface area (Å²) in [6, 6.07) is 10.5. The molecule has 1 heterocycles. The fraction of sp³-hybridized carbons (Fsp3) is 0. The number of carbonyl (C=O) groups excluding carboxylic acids is 1. The van der Waals surface area contributed by atoms with Crippen molar-refractivity contribution in [2.24, 2.45) is 4.99 Å². The van der Waals surface area contributed by atoms with E-state index in [1.165, 1.54) is 30.3 Å². The summed E-state index contributed by atoms with van der Waals surface area (Å²) >= 11 is 11.8. The van der Waals surface area contributed by atoms with Crippen molar-refractivity contribution in [3.63, 3.8) is 0 Å². The Morgan fingerprint density at radius 1 is 1.08 bits per heavy atom. The maximum absolute atomic E-state index is 11.9. The van der Waals surface area contributed by atoms with Crippen LogP contribution < -0.4 is 0 Å². The van der Waals surface area contributed by atoms with Crippen molar-refractivity contribution in [2.45, 2.75) is 0 Å². The fourth-order valence-corrected chi connectivity index (χ4v) is 2.31. The number of nitro benzene ring substituents is 1. The van der Waals surface area contributed by atoms with Crippen LogP contribution in [0.3, 0.4) is 0 Å². The Morgan fingerprint density at radius 2 is 1.79 bits per heavy atom. The Labute approximate surface area is 146 Å². The number of ether oxygens (including phenoxy) is 1. The number of nitrogens with zero attached hydrogens (tertiary/aromatic N) is 2. The highest BCUT2D eigenvalue weighted by Crippen LogP contribution is 2.26. The lowest BCUT2D eigenvalue weighted by Crippen LogP contribution is -2.05. The van der Waals surface area contributed by atoms with Gasteiger partial charge in [0.15, 0.2) is 5.70 Å². The first-order valence-corrected chi connectivity index (χ1v) is 7.42. The standard InChI is InChI=1S/C16H8Cl2N2O4/c17-12-6-3-10(8-13(12)18)15-19-14(16(21)24-15)7-9-1-4-11(5-2-9)20(22)23/h1-8H. The molecule has 24 heavy (non-hydrogen) atoms. The van der Waals surface area contributed by atoms with Gasteiger partial charge in [-0.15, -0.1) is 0 Å². The van der Waals surface area contributed by atoms with Crippen molar-refractivity contribution in [2.75, 3.05) is 0 Å². The van der Waals surface area contributed by atoms with Crippen molar-refractivity contribution in [3.05, 3.63) is 79.4 Å². The van der Waals surface area contributed by atoms with Gasteiger partial charge in [0.1, 0.15) is 0 Å². The molecule has 3 rings (SSSR count). The number of rotatable bonds is 3. The number of esters is 1. The summed E-state index contributed by atoms with van der Waals surface area (Å²) in [5, 5.41) is 11.3. The van der Waals surface area contributed by atoms with Gasteiger partial charge in [-0.3, -0.25) is 10.1 Å². The van der Waals surface area contributed by atoms with Gasteiger partial charge in [-0.05, 0) is 42.0 Å². The summed E-state index contributed by atoms with van der Waals surface area (Å²) in [6.45, 7) is 0. The summed E-state index contributed by atoms with van der Waals surface area (Å²) in [4.78, 5) is 26.2. The van der Waals surface area contributed by atoms with Crippen LogP contribution in [0.5, 0.6) is 0 Å². The lowest BCUT2D eigenvalue weighted by Gasteiger charge is -2.01. The van der Waals surface area contributed by atoms with E-state index < -0.39 is 10.9 Å². The third-order valence-corrected chi connectivity index (χ3v) is 3.93. The van der Waals surface area contributed by atoms with Crippen LogP contribution in [-0.4, -0.2) is 16.8 Å². The lowest BCUT2D eigenvalue weighted by atomic mass is 10.2. The van der Waals surface area contributed by atoms with Gasteiger partial charge in [0.2, 0.25) is 5.90 Å². The molecule has 1 aliphatic heterocycles. The van der Waals surface area contributed by atoms with Crippen LogP contribution in [0, 0.1) is 10.1 Å². The van der Waals surface area contributed by atoms with Crippen molar-refractivity contribution >= 4 is 46.8 Å². The SMILES string of the molecule is O=C1OC(c2ccc(Cl)c(Cl)c2)=NC1=Cc1ccc([N+](=O)[O-])cc1. The highest BCUT2D eigenvalue weighted by atomic mass is 35.5. The molecule has 0 aliphatic carbocycles. The molecule has 120 valence electrons. The number of benzene rings is 2. The van der Waals surface area contributed by atoms with Crippen LogP contribution in [0.25, 0.3) is 6.08 Å². The number of non-ortho nitro benzene ring substituents is 1. The molecular formula is C16H8Cl2N2O4. The van der Waals surface area contributed by atoms with Gasteiger partial charge in [-0.25, -0.2) is 9.79 Å². The van der Waals surface area contributed by atoms with Gasteiger partial charge in [0, 0.05) is 17.7 Å². The van der Waals surface area contributed by atoms with E-state index in [4.69, 9.17) is 27.9 Å². The first-order chi connectivity index (χ1) is 11.4. The number of carbonyl (C=O) groups is 1. The van der Waals surface area contributed by atoms with Gasteiger partial charge in [-0.1, -0.05) is 23.2 Å². The van der Waals surface area contributed by atoms with Crippen LogP contribution in [0.15, 0.2) is 53.2 Å². The molecular weight excluding hydrogens is 355 g/mol. The molecule has 0 radical (unpaired) electrons. The number of halogens is 2. The highest BCUT2D eigenvalue weighted by molar-refractivity contribution is 6.42. The first kappa shape index (κ1) is 16.2. The molecule has 2 aromatic carbocycles. The fourth-order valence-electron chi connectivity index (χ4n) is 2.01. The van der Waals surface area contributed by atoms with Crippen LogP contribution in [0.2, 0.25) is 10.0 Å². The number of aliphatic imine (C=N–C) groups is 1. The summed E-state index contributed by atoms with van der Waals surface area (Å²) in [6.07, 6.45) is 1.48. The highest BCUT2D eigenvalue weighted by Gasteiger charge is 2.24. The molecule has 0 aromatic heterocycles. The minimum Gasteiger partial charge on any atom is -0.402 e. The van der Waals surface area contributed by atoms with E-state index in [2.05, 4.69) is 4.99 Å². The first-order valence-electron chi connectivity index (χ1n) is 6.66. The average molecular weight is 363 g/mol. The topological polar surface area (TPSA) is 81.8 Å². The van der Waals surface area contributed by atoms with Crippen LogP contribution in [0.4, 0.5) is 5.69 Å². The monoisotopic (exact) mass is 362 g/mol. The summed E-state index contributed by atoms with van der Waals surface area (Å²) in [5.74, 6) is -0.499. The van der Waals surface area contributed by atoms with E-state index >= 15 is 0 Å². The average Bonchev–Trinajstić information content (AvgIpc) is 2.91. The Kier molecular flexibility index (Phi) is 4.33. The number of hydrogen-bond acceptors (Lipinski definition) is 5. The number of nitro groups is 1. The van der Waals surface area contributed by atoms with Gasteiger partial charge in [0.25, 0.3) is 5.69 Å². The smallest absolute Gasteiger partial charge is 0.363 e. The zero-order valence-corrected chi connectivity index (χ0v) is 13.4. The molecule has 8 heteroatoms. The second kappa shape index (κ2) is 6.43. The lowest BCUT2D eigenvalue weighted by molar-refractivity contribution is -0.384. The van der Waals surface area contributed by atoms with Crippen LogP contribution in [-0.2, 0) is 9.53 Å². The predicted octanol–water partition coefficient (Wildman–Crippen LogP) is 4.25. The van der Waals surface area contributed by atoms with E-state index in [9.17, 15) is 14.9 Å². The number of hydrogen-bond donors (Lipinski definition) is 0. The van der Waals surface area contributed by atoms with Crippen molar-refractivity contribution in [1.29, 1.82) is 0 Å².